The minimum atomic E-state index is -0.0148. The van der Waals surface area contributed by atoms with Crippen molar-refractivity contribution >= 4 is 11.8 Å². The lowest BCUT2D eigenvalue weighted by Gasteiger charge is -2.26. The second kappa shape index (κ2) is 7.48. The third-order valence-electron chi connectivity index (χ3n) is 4.03. The third-order valence-corrected chi connectivity index (χ3v) is 4.03. The summed E-state index contributed by atoms with van der Waals surface area (Å²) in [6.07, 6.45) is 6.11. The molecule has 2 rings (SSSR count). The summed E-state index contributed by atoms with van der Waals surface area (Å²) in [5.74, 6) is 0.794. The molecule has 1 atom stereocenters. The number of nitrogens with zero attached hydrogens (tertiary/aromatic N) is 1. The summed E-state index contributed by atoms with van der Waals surface area (Å²) in [6.45, 7) is 3.90. The molecule has 2 fully saturated rings. The molecule has 108 valence electrons. The van der Waals surface area contributed by atoms with Gasteiger partial charge >= 0.3 is 0 Å². The van der Waals surface area contributed by atoms with Crippen LogP contribution in [0.2, 0.25) is 0 Å². The molecule has 0 aromatic heterocycles. The van der Waals surface area contributed by atoms with Crippen LogP contribution in [0, 0.1) is 5.92 Å². The summed E-state index contributed by atoms with van der Waals surface area (Å²) in [4.78, 5) is 25.0. The lowest BCUT2D eigenvalue weighted by atomic mass is 9.96. The normalized spacial score (nSPS) is 24.3. The Balaban J connectivity index is 1.59. The van der Waals surface area contributed by atoms with E-state index in [1.54, 1.807) is 4.90 Å². The molecule has 2 amide bonds. The number of rotatable bonds is 5. The van der Waals surface area contributed by atoms with Crippen LogP contribution in [0.25, 0.3) is 0 Å². The number of piperidine rings is 2. The van der Waals surface area contributed by atoms with Crippen LogP contribution in [0.15, 0.2) is 0 Å². The first-order valence-corrected chi connectivity index (χ1v) is 7.51. The van der Waals surface area contributed by atoms with Crippen LogP contribution >= 0.6 is 0 Å². The van der Waals surface area contributed by atoms with E-state index in [1.165, 1.54) is 12.8 Å². The van der Waals surface area contributed by atoms with E-state index < -0.39 is 0 Å². The van der Waals surface area contributed by atoms with Crippen LogP contribution in [-0.2, 0) is 9.59 Å². The molecule has 0 bridgehead atoms. The number of hydrogen-bond acceptors (Lipinski definition) is 3. The molecule has 2 aliphatic rings. The molecule has 2 saturated heterocycles. The molecule has 0 aromatic rings. The van der Waals surface area contributed by atoms with E-state index in [-0.39, 0.29) is 18.4 Å². The predicted molar refractivity (Wildman–Crippen MR) is 73.7 cm³/mol. The van der Waals surface area contributed by atoms with Gasteiger partial charge in [0.05, 0.1) is 6.54 Å². The van der Waals surface area contributed by atoms with Gasteiger partial charge in [-0.05, 0) is 51.1 Å². The molecule has 0 saturated carbocycles. The molecule has 19 heavy (non-hydrogen) atoms. The van der Waals surface area contributed by atoms with Gasteiger partial charge < -0.3 is 15.5 Å². The van der Waals surface area contributed by atoms with Crippen LogP contribution in [-0.4, -0.2) is 49.4 Å². The monoisotopic (exact) mass is 267 g/mol. The Morgan fingerprint density at radius 1 is 1.37 bits per heavy atom. The van der Waals surface area contributed by atoms with Crippen molar-refractivity contribution in [1.82, 2.24) is 15.5 Å². The van der Waals surface area contributed by atoms with Gasteiger partial charge in [-0.1, -0.05) is 0 Å². The molecule has 0 spiro atoms. The lowest BCUT2D eigenvalue weighted by Crippen LogP contribution is -2.43. The van der Waals surface area contributed by atoms with E-state index in [4.69, 9.17) is 0 Å². The Labute approximate surface area is 115 Å². The smallest absolute Gasteiger partial charge is 0.239 e. The van der Waals surface area contributed by atoms with Gasteiger partial charge in [-0.15, -0.1) is 0 Å². The Bertz CT molecular complexity index is 314. The van der Waals surface area contributed by atoms with Crippen molar-refractivity contribution in [3.8, 4) is 0 Å². The molecule has 1 unspecified atom stereocenters. The zero-order valence-electron chi connectivity index (χ0n) is 11.6. The van der Waals surface area contributed by atoms with Gasteiger partial charge in [-0.2, -0.15) is 0 Å². The number of carbonyl (C=O) groups is 2. The topological polar surface area (TPSA) is 61.4 Å². The predicted octanol–water partition coefficient (Wildman–Crippen LogP) is 0.505. The van der Waals surface area contributed by atoms with Gasteiger partial charge in [0.25, 0.3) is 0 Å². The molecule has 2 aliphatic heterocycles. The van der Waals surface area contributed by atoms with E-state index in [1.807, 2.05) is 0 Å². The Morgan fingerprint density at radius 2 is 2.26 bits per heavy atom. The summed E-state index contributed by atoms with van der Waals surface area (Å²) in [5.41, 5.74) is 0. The fourth-order valence-corrected chi connectivity index (χ4v) is 2.84. The number of amides is 2. The molecule has 5 heteroatoms. The Hall–Kier alpha value is -1.10. The first-order chi connectivity index (χ1) is 9.25. The molecular weight excluding hydrogens is 242 g/mol. The van der Waals surface area contributed by atoms with Crippen LogP contribution in [0.4, 0.5) is 0 Å². The van der Waals surface area contributed by atoms with E-state index in [9.17, 15) is 9.59 Å². The highest BCUT2D eigenvalue weighted by Crippen LogP contribution is 2.13. The third kappa shape index (κ3) is 4.82. The quantitative estimate of drug-likeness (QED) is 0.763. The summed E-state index contributed by atoms with van der Waals surface area (Å²) in [6, 6.07) is 0. The van der Waals surface area contributed by atoms with Gasteiger partial charge in [0.15, 0.2) is 0 Å². The van der Waals surface area contributed by atoms with Gasteiger partial charge in [-0.25, -0.2) is 0 Å². The van der Waals surface area contributed by atoms with Gasteiger partial charge in [0.2, 0.25) is 11.8 Å². The maximum Gasteiger partial charge on any atom is 0.239 e. The minimum absolute atomic E-state index is 0.0148. The first-order valence-electron chi connectivity index (χ1n) is 7.51. The standard InChI is InChI=1S/C14H25N3O2/c18-13(11-17-9-2-1-5-14(17)19)16-8-6-12-4-3-7-15-10-12/h12,15H,1-11H2,(H,16,18). The lowest BCUT2D eigenvalue weighted by molar-refractivity contribution is -0.137. The van der Waals surface area contributed by atoms with Crippen molar-refractivity contribution in [2.45, 2.75) is 38.5 Å². The largest absolute Gasteiger partial charge is 0.355 e. The summed E-state index contributed by atoms with van der Waals surface area (Å²) >= 11 is 0. The van der Waals surface area contributed by atoms with E-state index in [2.05, 4.69) is 10.6 Å². The first kappa shape index (κ1) is 14.3. The van der Waals surface area contributed by atoms with Crippen molar-refractivity contribution in [3.63, 3.8) is 0 Å². The van der Waals surface area contributed by atoms with Crippen LogP contribution < -0.4 is 10.6 Å². The van der Waals surface area contributed by atoms with Gasteiger partial charge in [0.1, 0.15) is 0 Å². The second-order valence-corrected chi connectivity index (χ2v) is 5.62. The van der Waals surface area contributed by atoms with Crippen molar-refractivity contribution < 1.29 is 9.59 Å². The Kier molecular flexibility index (Phi) is 5.63. The zero-order valence-corrected chi connectivity index (χ0v) is 11.6. The Morgan fingerprint density at radius 3 is 3.00 bits per heavy atom. The summed E-state index contributed by atoms with van der Waals surface area (Å²) in [7, 11) is 0. The summed E-state index contributed by atoms with van der Waals surface area (Å²) in [5, 5.41) is 6.32. The van der Waals surface area contributed by atoms with Crippen molar-refractivity contribution in [2.75, 3.05) is 32.7 Å². The highest BCUT2D eigenvalue weighted by molar-refractivity contribution is 5.85. The molecule has 0 aliphatic carbocycles. The van der Waals surface area contributed by atoms with Crippen LogP contribution in [0.3, 0.4) is 0 Å². The SMILES string of the molecule is O=C(CN1CCCCC1=O)NCCC1CCCNC1. The minimum Gasteiger partial charge on any atom is -0.355 e. The van der Waals surface area contributed by atoms with E-state index in [0.29, 0.717) is 12.3 Å². The number of hydrogen-bond donors (Lipinski definition) is 2. The average Bonchev–Trinajstić information content (AvgIpc) is 2.43. The summed E-state index contributed by atoms with van der Waals surface area (Å²) < 4.78 is 0. The molecule has 0 aromatic carbocycles. The highest BCUT2D eigenvalue weighted by Gasteiger charge is 2.20. The van der Waals surface area contributed by atoms with Crippen molar-refractivity contribution in [2.24, 2.45) is 5.92 Å². The number of nitrogens with one attached hydrogen (secondary N) is 2. The highest BCUT2D eigenvalue weighted by atomic mass is 16.2. The fourth-order valence-electron chi connectivity index (χ4n) is 2.84. The van der Waals surface area contributed by atoms with Crippen molar-refractivity contribution in [1.29, 1.82) is 0 Å². The average molecular weight is 267 g/mol. The van der Waals surface area contributed by atoms with Crippen molar-refractivity contribution in [3.05, 3.63) is 0 Å². The maximum absolute atomic E-state index is 11.8. The molecule has 2 N–H and O–H groups in total. The molecule has 2 heterocycles. The van der Waals surface area contributed by atoms with Crippen LogP contribution in [0.1, 0.15) is 38.5 Å². The number of carbonyl (C=O) groups excluding carboxylic acids is 2. The number of likely N-dealkylation sites (tertiary alicyclic amines) is 1. The second-order valence-electron chi connectivity index (χ2n) is 5.62. The van der Waals surface area contributed by atoms with Gasteiger partial charge in [-0.3, -0.25) is 9.59 Å². The van der Waals surface area contributed by atoms with Crippen LogP contribution in [0.5, 0.6) is 0 Å². The molecular formula is C14H25N3O2. The van der Waals surface area contributed by atoms with E-state index >= 15 is 0 Å². The zero-order chi connectivity index (χ0) is 13.5. The fraction of sp³-hybridized carbons (Fsp3) is 0.857. The molecule has 0 radical (unpaired) electrons. The maximum atomic E-state index is 11.8. The van der Waals surface area contributed by atoms with E-state index in [0.717, 1.165) is 45.4 Å². The van der Waals surface area contributed by atoms with Gasteiger partial charge in [0, 0.05) is 19.5 Å². The molecule has 5 nitrogen and oxygen atoms in total.